The van der Waals surface area contributed by atoms with Crippen LogP contribution >= 0.6 is 0 Å². The Balaban J connectivity index is 1.94. The van der Waals surface area contributed by atoms with Crippen LogP contribution in [0, 0.1) is 5.92 Å². The van der Waals surface area contributed by atoms with Gasteiger partial charge in [-0.2, -0.15) is 0 Å². The molecule has 0 amide bonds. The Morgan fingerprint density at radius 3 is 2.73 bits per heavy atom. The molecule has 1 N–H and O–H groups in total. The molecule has 2 aliphatic rings. The summed E-state index contributed by atoms with van der Waals surface area (Å²) in [4.78, 5) is 2.25. The van der Waals surface area contributed by atoms with E-state index in [4.69, 9.17) is 5.11 Å². The van der Waals surface area contributed by atoms with Gasteiger partial charge in [0.1, 0.15) is 0 Å². The second kappa shape index (κ2) is 4.39. The number of hydrogen-bond acceptors (Lipinski definition) is 4. The van der Waals surface area contributed by atoms with Crippen molar-refractivity contribution >= 4 is 9.84 Å². The quantitative estimate of drug-likeness (QED) is 0.722. The molecule has 4 nitrogen and oxygen atoms in total. The largest absolute Gasteiger partial charge is 0.396 e. The summed E-state index contributed by atoms with van der Waals surface area (Å²) in [5, 5.41) is 9.04. The number of aliphatic hydroxyl groups excluding tert-OH is 1. The van der Waals surface area contributed by atoms with Crippen molar-refractivity contribution in [3.05, 3.63) is 0 Å². The summed E-state index contributed by atoms with van der Waals surface area (Å²) in [7, 11) is -2.80. The zero-order chi connectivity index (χ0) is 10.9. The third-order valence-electron chi connectivity index (χ3n) is 3.53. The van der Waals surface area contributed by atoms with Gasteiger partial charge in [-0.05, 0) is 31.7 Å². The predicted molar refractivity (Wildman–Crippen MR) is 58.4 cm³/mol. The monoisotopic (exact) mass is 233 g/mol. The SMILES string of the molecule is O=S1(=O)CCCC(N2CCC(CO)C2)C1. The average Bonchev–Trinajstić information content (AvgIpc) is 2.64. The molecule has 0 spiro atoms. The molecule has 2 heterocycles. The van der Waals surface area contributed by atoms with Crippen LogP contribution in [-0.2, 0) is 9.84 Å². The molecular weight excluding hydrogens is 214 g/mol. The van der Waals surface area contributed by atoms with Crippen LogP contribution in [0.2, 0.25) is 0 Å². The van der Waals surface area contributed by atoms with E-state index in [1.807, 2.05) is 0 Å². The first-order chi connectivity index (χ1) is 7.11. The lowest BCUT2D eigenvalue weighted by molar-refractivity contribution is 0.198. The molecule has 2 fully saturated rings. The van der Waals surface area contributed by atoms with Gasteiger partial charge in [0, 0.05) is 19.2 Å². The van der Waals surface area contributed by atoms with E-state index in [2.05, 4.69) is 4.90 Å². The molecule has 2 unspecified atom stereocenters. The number of rotatable bonds is 2. The number of likely N-dealkylation sites (tertiary alicyclic amines) is 1. The molecule has 2 rings (SSSR count). The van der Waals surface area contributed by atoms with Crippen LogP contribution in [0.1, 0.15) is 19.3 Å². The fraction of sp³-hybridized carbons (Fsp3) is 1.00. The number of sulfone groups is 1. The molecule has 0 bridgehead atoms. The van der Waals surface area contributed by atoms with Gasteiger partial charge < -0.3 is 5.11 Å². The molecule has 0 aliphatic carbocycles. The van der Waals surface area contributed by atoms with Gasteiger partial charge in [0.2, 0.25) is 0 Å². The van der Waals surface area contributed by atoms with Gasteiger partial charge >= 0.3 is 0 Å². The zero-order valence-corrected chi connectivity index (χ0v) is 9.75. The normalized spacial score (nSPS) is 36.9. The third kappa shape index (κ3) is 2.71. The topological polar surface area (TPSA) is 57.6 Å². The standard InChI is InChI=1S/C10H19NO3S/c12-7-9-3-4-11(6-9)10-2-1-5-15(13,14)8-10/h9-10,12H,1-8H2. The molecule has 2 aliphatic heterocycles. The highest BCUT2D eigenvalue weighted by molar-refractivity contribution is 7.91. The third-order valence-corrected chi connectivity index (χ3v) is 5.33. The predicted octanol–water partition coefficient (Wildman–Crippen LogP) is -0.122. The minimum Gasteiger partial charge on any atom is -0.396 e. The van der Waals surface area contributed by atoms with E-state index in [0.717, 1.165) is 32.4 Å². The molecule has 0 aromatic carbocycles. The highest BCUT2D eigenvalue weighted by atomic mass is 32.2. The number of hydrogen-bond donors (Lipinski definition) is 1. The van der Waals surface area contributed by atoms with Crippen molar-refractivity contribution < 1.29 is 13.5 Å². The highest BCUT2D eigenvalue weighted by Crippen LogP contribution is 2.24. The summed E-state index contributed by atoms with van der Waals surface area (Å²) in [5.41, 5.74) is 0. The van der Waals surface area contributed by atoms with Gasteiger partial charge in [-0.15, -0.1) is 0 Å². The molecule has 5 heteroatoms. The Labute approximate surface area is 91.2 Å². The van der Waals surface area contributed by atoms with Gasteiger partial charge in [-0.25, -0.2) is 8.42 Å². The first-order valence-corrected chi connectivity index (χ1v) is 7.48. The van der Waals surface area contributed by atoms with Gasteiger partial charge in [0.15, 0.2) is 9.84 Å². The van der Waals surface area contributed by atoms with Crippen LogP contribution in [0.25, 0.3) is 0 Å². The van der Waals surface area contributed by atoms with Crippen molar-refractivity contribution in [2.24, 2.45) is 5.92 Å². The van der Waals surface area contributed by atoms with Crippen molar-refractivity contribution in [3.8, 4) is 0 Å². The van der Waals surface area contributed by atoms with Gasteiger partial charge in [0.25, 0.3) is 0 Å². The maximum absolute atomic E-state index is 11.5. The lowest BCUT2D eigenvalue weighted by atomic mass is 10.1. The molecule has 0 aromatic rings. The van der Waals surface area contributed by atoms with E-state index in [1.54, 1.807) is 0 Å². The summed E-state index contributed by atoms with van der Waals surface area (Å²) in [6, 6.07) is 0.209. The van der Waals surface area contributed by atoms with Crippen LogP contribution in [0.3, 0.4) is 0 Å². The van der Waals surface area contributed by atoms with Crippen molar-refractivity contribution in [2.45, 2.75) is 25.3 Å². The molecule has 0 aromatic heterocycles. The second-order valence-electron chi connectivity index (χ2n) is 4.74. The molecule has 15 heavy (non-hydrogen) atoms. The van der Waals surface area contributed by atoms with Crippen LogP contribution in [0.15, 0.2) is 0 Å². The smallest absolute Gasteiger partial charge is 0.151 e. The maximum atomic E-state index is 11.5. The summed E-state index contributed by atoms with van der Waals surface area (Å²) < 4.78 is 23.0. The highest BCUT2D eigenvalue weighted by Gasteiger charge is 2.33. The van der Waals surface area contributed by atoms with Gasteiger partial charge in [-0.3, -0.25) is 4.90 Å². The zero-order valence-electron chi connectivity index (χ0n) is 8.93. The van der Waals surface area contributed by atoms with Crippen molar-refractivity contribution in [2.75, 3.05) is 31.2 Å². The Hall–Kier alpha value is -0.130. The first-order valence-electron chi connectivity index (χ1n) is 5.66. The summed E-state index contributed by atoms with van der Waals surface area (Å²) in [6.45, 7) is 2.05. The van der Waals surface area contributed by atoms with E-state index in [-0.39, 0.29) is 12.6 Å². The van der Waals surface area contributed by atoms with Gasteiger partial charge in [-0.1, -0.05) is 0 Å². The van der Waals surface area contributed by atoms with E-state index < -0.39 is 9.84 Å². The Bertz CT molecular complexity index is 315. The number of aliphatic hydroxyl groups is 1. The molecule has 88 valence electrons. The lowest BCUT2D eigenvalue weighted by Crippen LogP contribution is -2.42. The lowest BCUT2D eigenvalue weighted by Gasteiger charge is -2.30. The van der Waals surface area contributed by atoms with E-state index in [0.29, 0.717) is 17.4 Å². The second-order valence-corrected chi connectivity index (χ2v) is 6.97. The average molecular weight is 233 g/mol. The van der Waals surface area contributed by atoms with Crippen LogP contribution in [-0.4, -0.2) is 55.7 Å². The fourth-order valence-electron chi connectivity index (χ4n) is 2.63. The Kier molecular flexibility index (Phi) is 3.33. The van der Waals surface area contributed by atoms with Crippen molar-refractivity contribution in [3.63, 3.8) is 0 Å². The minimum atomic E-state index is -2.80. The minimum absolute atomic E-state index is 0.209. The summed E-state index contributed by atoms with van der Waals surface area (Å²) in [6.07, 6.45) is 2.80. The maximum Gasteiger partial charge on any atom is 0.151 e. The fourth-order valence-corrected chi connectivity index (χ4v) is 4.37. The molecule has 0 saturated carbocycles. The van der Waals surface area contributed by atoms with Crippen LogP contribution in [0.5, 0.6) is 0 Å². The van der Waals surface area contributed by atoms with E-state index >= 15 is 0 Å². The van der Waals surface area contributed by atoms with E-state index in [9.17, 15) is 8.42 Å². The summed E-state index contributed by atoms with van der Waals surface area (Å²) in [5.74, 6) is 1.04. The van der Waals surface area contributed by atoms with E-state index in [1.165, 1.54) is 0 Å². The molecule has 2 atom stereocenters. The molecule has 2 saturated heterocycles. The first kappa shape index (κ1) is 11.4. The molecular formula is C10H19NO3S. The summed E-state index contributed by atoms with van der Waals surface area (Å²) >= 11 is 0. The van der Waals surface area contributed by atoms with Gasteiger partial charge in [0.05, 0.1) is 11.5 Å². The molecule has 0 radical (unpaired) electrons. The number of nitrogens with zero attached hydrogens (tertiary/aromatic N) is 1. The Morgan fingerprint density at radius 1 is 1.33 bits per heavy atom. The van der Waals surface area contributed by atoms with Crippen molar-refractivity contribution in [1.29, 1.82) is 0 Å². The van der Waals surface area contributed by atoms with Crippen LogP contribution in [0.4, 0.5) is 0 Å². The van der Waals surface area contributed by atoms with Crippen molar-refractivity contribution in [1.82, 2.24) is 4.90 Å². The Morgan fingerprint density at radius 2 is 2.13 bits per heavy atom. The van der Waals surface area contributed by atoms with Crippen LogP contribution < -0.4 is 0 Å².